The topological polar surface area (TPSA) is 108 Å². The van der Waals surface area contributed by atoms with E-state index in [-0.39, 0.29) is 35.8 Å². The van der Waals surface area contributed by atoms with E-state index < -0.39 is 10.0 Å². The maximum Gasteiger partial charge on any atom is 0.213 e. The molecule has 0 bridgehead atoms. The number of halogens is 1. The second-order valence-electron chi connectivity index (χ2n) is 7.75. The van der Waals surface area contributed by atoms with Crippen LogP contribution in [0.3, 0.4) is 0 Å². The Morgan fingerprint density at radius 1 is 1.26 bits per heavy atom. The number of ether oxygens (including phenoxy) is 1. The zero-order valence-electron chi connectivity index (χ0n) is 18.1. The Morgan fingerprint density at radius 2 is 2.06 bits per heavy atom. The summed E-state index contributed by atoms with van der Waals surface area (Å²) in [6.07, 6.45) is 6.82. The second kappa shape index (κ2) is 13.4. The molecule has 0 aromatic carbocycles. The quantitative estimate of drug-likeness (QED) is 0.248. The standard InChI is InChI=1S/C20H34N6O3S.HI/c1-21-20(23-11-15-30(27,28)24-16-18-6-3-5-14-29-18)25-17-8-12-26(13-9-17)19-7-2-4-10-22-19;/h2,4,7,10,17-18,24H,3,5-6,8-9,11-16H2,1H3,(H2,21,23,25);1H. The molecule has 1 aromatic rings. The fourth-order valence-electron chi connectivity index (χ4n) is 3.75. The summed E-state index contributed by atoms with van der Waals surface area (Å²) >= 11 is 0. The molecule has 0 radical (unpaired) electrons. The highest BCUT2D eigenvalue weighted by Crippen LogP contribution is 2.17. The Labute approximate surface area is 202 Å². The van der Waals surface area contributed by atoms with Crippen LogP contribution in [-0.2, 0) is 14.8 Å². The van der Waals surface area contributed by atoms with Crippen molar-refractivity contribution >= 4 is 45.8 Å². The van der Waals surface area contributed by atoms with E-state index in [2.05, 4.69) is 30.2 Å². The first kappa shape index (κ1) is 26.1. The predicted molar refractivity (Wildman–Crippen MR) is 135 cm³/mol. The first-order valence-electron chi connectivity index (χ1n) is 10.8. The van der Waals surface area contributed by atoms with Crippen molar-refractivity contribution in [2.24, 2.45) is 4.99 Å². The number of piperidine rings is 1. The number of nitrogens with zero attached hydrogens (tertiary/aromatic N) is 3. The van der Waals surface area contributed by atoms with Gasteiger partial charge in [0.15, 0.2) is 5.96 Å². The Hall–Kier alpha value is -1.18. The van der Waals surface area contributed by atoms with Gasteiger partial charge in [-0.15, -0.1) is 24.0 Å². The molecule has 11 heteroatoms. The van der Waals surface area contributed by atoms with Gasteiger partial charge in [-0.25, -0.2) is 18.1 Å². The minimum Gasteiger partial charge on any atom is -0.377 e. The van der Waals surface area contributed by atoms with Gasteiger partial charge in [0, 0.05) is 52.1 Å². The number of aliphatic imine (C=N–C) groups is 1. The number of anilines is 1. The third kappa shape index (κ3) is 9.07. The van der Waals surface area contributed by atoms with Gasteiger partial charge in [-0.3, -0.25) is 4.99 Å². The maximum absolute atomic E-state index is 12.2. The van der Waals surface area contributed by atoms with Gasteiger partial charge in [0.2, 0.25) is 10.0 Å². The van der Waals surface area contributed by atoms with E-state index >= 15 is 0 Å². The molecule has 2 saturated heterocycles. The fraction of sp³-hybridized carbons (Fsp3) is 0.700. The molecule has 0 aliphatic carbocycles. The Bertz CT molecular complexity index is 766. The SMILES string of the molecule is CN=C(NCCS(=O)(=O)NCC1CCCCO1)NC1CCN(c2ccccn2)CC1.I. The summed E-state index contributed by atoms with van der Waals surface area (Å²) in [7, 11) is -1.64. The van der Waals surface area contributed by atoms with Crippen LogP contribution < -0.4 is 20.3 Å². The van der Waals surface area contributed by atoms with Gasteiger partial charge in [-0.2, -0.15) is 0 Å². The molecule has 9 nitrogen and oxygen atoms in total. The zero-order chi connectivity index (χ0) is 21.2. The van der Waals surface area contributed by atoms with Crippen LogP contribution in [0.1, 0.15) is 32.1 Å². The van der Waals surface area contributed by atoms with Gasteiger partial charge in [-0.1, -0.05) is 6.07 Å². The van der Waals surface area contributed by atoms with Gasteiger partial charge in [-0.05, 0) is 44.2 Å². The fourth-order valence-corrected chi connectivity index (χ4v) is 4.70. The highest BCUT2D eigenvalue weighted by atomic mass is 127. The Balaban J connectivity index is 0.00000341. The Morgan fingerprint density at radius 3 is 2.71 bits per heavy atom. The van der Waals surface area contributed by atoms with Crippen LogP contribution in [0.5, 0.6) is 0 Å². The lowest BCUT2D eigenvalue weighted by atomic mass is 10.1. The molecular formula is C20H35IN6O3S. The molecule has 1 unspecified atom stereocenters. The number of hydrogen-bond donors (Lipinski definition) is 3. The molecule has 2 aliphatic heterocycles. The first-order chi connectivity index (χ1) is 14.6. The number of sulfonamides is 1. The highest BCUT2D eigenvalue weighted by molar-refractivity contribution is 14.0. The smallest absolute Gasteiger partial charge is 0.213 e. The lowest BCUT2D eigenvalue weighted by Gasteiger charge is -2.33. The first-order valence-corrected chi connectivity index (χ1v) is 12.4. The summed E-state index contributed by atoms with van der Waals surface area (Å²) in [5.41, 5.74) is 0. The lowest BCUT2D eigenvalue weighted by Crippen LogP contribution is -2.49. The maximum atomic E-state index is 12.2. The van der Waals surface area contributed by atoms with E-state index in [1.807, 2.05) is 24.4 Å². The number of aromatic nitrogens is 1. The molecule has 2 fully saturated rings. The van der Waals surface area contributed by atoms with Gasteiger partial charge in [0.1, 0.15) is 5.82 Å². The van der Waals surface area contributed by atoms with E-state index in [1.165, 1.54) is 0 Å². The van der Waals surface area contributed by atoms with Crippen LogP contribution in [0.25, 0.3) is 0 Å². The minimum absolute atomic E-state index is 0. The summed E-state index contributed by atoms with van der Waals surface area (Å²) in [6, 6.07) is 6.26. The summed E-state index contributed by atoms with van der Waals surface area (Å²) < 4.78 is 32.7. The van der Waals surface area contributed by atoms with E-state index in [9.17, 15) is 8.42 Å². The van der Waals surface area contributed by atoms with Crippen molar-refractivity contribution < 1.29 is 13.2 Å². The van der Waals surface area contributed by atoms with Crippen LogP contribution >= 0.6 is 24.0 Å². The molecular weight excluding hydrogens is 531 g/mol. The number of guanidine groups is 1. The molecule has 0 spiro atoms. The predicted octanol–water partition coefficient (Wildman–Crippen LogP) is 1.32. The van der Waals surface area contributed by atoms with Crippen molar-refractivity contribution in [2.75, 3.05) is 50.5 Å². The number of hydrogen-bond acceptors (Lipinski definition) is 6. The van der Waals surface area contributed by atoms with Crippen LogP contribution in [0.15, 0.2) is 29.4 Å². The van der Waals surface area contributed by atoms with E-state index in [4.69, 9.17) is 4.74 Å². The van der Waals surface area contributed by atoms with Gasteiger partial charge in [0.05, 0.1) is 11.9 Å². The largest absolute Gasteiger partial charge is 0.377 e. The molecule has 31 heavy (non-hydrogen) atoms. The molecule has 1 aromatic heterocycles. The van der Waals surface area contributed by atoms with Gasteiger partial charge < -0.3 is 20.3 Å². The number of rotatable bonds is 8. The number of pyridine rings is 1. The molecule has 3 rings (SSSR count). The van der Waals surface area contributed by atoms with Crippen molar-refractivity contribution in [2.45, 2.75) is 44.2 Å². The molecule has 1 atom stereocenters. The van der Waals surface area contributed by atoms with Crippen LogP contribution in [0, 0.1) is 0 Å². The monoisotopic (exact) mass is 566 g/mol. The molecule has 176 valence electrons. The summed E-state index contributed by atoms with van der Waals surface area (Å²) in [6.45, 7) is 3.22. The van der Waals surface area contributed by atoms with Crippen LogP contribution in [-0.4, -0.2) is 77.1 Å². The number of nitrogens with one attached hydrogen (secondary N) is 3. The van der Waals surface area contributed by atoms with Crippen molar-refractivity contribution in [3.63, 3.8) is 0 Å². The zero-order valence-corrected chi connectivity index (χ0v) is 21.3. The molecule has 2 aliphatic rings. The average Bonchev–Trinajstić information content (AvgIpc) is 2.79. The van der Waals surface area contributed by atoms with Crippen molar-refractivity contribution in [1.29, 1.82) is 0 Å². The average molecular weight is 567 g/mol. The van der Waals surface area contributed by atoms with Crippen molar-refractivity contribution in [3.05, 3.63) is 24.4 Å². The summed E-state index contributed by atoms with van der Waals surface area (Å²) in [5, 5.41) is 6.52. The second-order valence-corrected chi connectivity index (χ2v) is 9.67. The molecule has 0 amide bonds. The van der Waals surface area contributed by atoms with E-state index in [0.717, 1.165) is 57.6 Å². The van der Waals surface area contributed by atoms with E-state index in [1.54, 1.807) is 7.05 Å². The summed E-state index contributed by atoms with van der Waals surface area (Å²) in [4.78, 5) is 10.9. The third-order valence-electron chi connectivity index (χ3n) is 5.50. The van der Waals surface area contributed by atoms with Gasteiger partial charge >= 0.3 is 0 Å². The normalized spacial score (nSPS) is 20.7. The summed E-state index contributed by atoms with van der Waals surface area (Å²) in [5.74, 6) is 1.64. The third-order valence-corrected chi connectivity index (χ3v) is 6.85. The van der Waals surface area contributed by atoms with E-state index in [0.29, 0.717) is 25.1 Å². The van der Waals surface area contributed by atoms with Crippen LogP contribution in [0.2, 0.25) is 0 Å². The lowest BCUT2D eigenvalue weighted by molar-refractivity contribution is 0.0200. The highest BCUT2D eigenvalue weighted by Gasteiger charge is 2.21. The van der Waals surface area contributed by atoms with Crippen molar-refractivity contribution in [3.8, 4) is 0 Å². The van der Waals surface area contributed by atoms with Gasteiger partial charge in [0.25, 0.3) is 0 Å². The minimum atomic E-state index is -3.34. The molecule has 0 saturated carbocycles. The van der Waals surface area contributed by atoms with Crippen molar-refractivity contribution in [1.82, 2.24) is 20.3 Å². The van der Waals surface area contributed by atoms with Crippen LogP contribution in [0.4, 0.5) is 5.82 Å². The molecule has 3 heterocycles. The Kier molecular flexibility index (Phi) is 11.3. The molecule has 3 N–H and O–H groups in total.